The summed E-state index contributed by atoms with van der Waals surface area (Å²) >= 11 is 0. The number of fused-ring (bicyclic) bond motifs is 1. The van der Waals surface area contributed by atoms with Gasteiger partial charge < -0.3 is 9.88 Å². The fourth-order valence-corrected chi connectivity index (χ4v) is 5.25. The number of para-hydroxylation sites is 1. The molecule has 6 rings (SSSR count). The van der Waals surface area contributed by atoms with E-state index in [1.807, 2.05) is 42.2 Å². The normalized spacial score (nSPS) is 15.1. The van der Waals surface area contributed by atoms with Crippen molar-refractivity contribution in [3.05, 3.63) is 117 Å². The van der Waals surface area contributed by atoms with Crippen LogP contribution in [-0.4, -0.2) is 56.3 Å². The maximum absolute atomic E-state index is 14.5. The number of H-pyrrole nitrogens is 1. The molecule has 0 radical (unpaired) electrons. The summed E-state index contributed by atoms with van der Waals surface area (Å²) < 4.78 is 29.6. The van der Waals surface area contributed by atoms with Crippen LogP contribution in [0.15, 0.2) is 77.6 Å². The quantitative estimate of drug-likeness (QED) is 0.359. The predicted molar refractivity (Wildman–Crippen MR) is 145 cm³/mol. The number of tetrazole rings is 1. The molecule has 1 aliphatic heterocycles. The number of hydrogen-bond acceptors (Lipinski definition) is 6. The van der Waals surface area contributed by atoms with Gasteiger partial charge in [0.15, 0.2) is 5.82 Å². The van der Waals surface area contributed by atoms with E-state index >= 15 is 0 Å². The Hall–Kier alpha value is -4.44. The molecule has 39 heavy (non-hydrogen) atoms. The van der Waals surface area contributed by atoms with Gasteiger partial charge in [0, 0.05) is 37.3 Å². The van der Waals surface area contributed by atoms with Gasteiger partial charge in [-0.15, -0.1) is 5.10 Å². The monoisotopic (exact) mass is 527 g/mol. The summed E-state index contributed by atoms with van der Waals surface area (Å²) in [4.78, 5) is 20.7. The molecule has 3 heterocycles. The Labute approximate surface area is 223 Å². The number of piperazine rings is 1. The number of aromatic amines is 1. The van der Waals surface area contributed by atoms with Crippen LogP contribution in [-0.2, 0) is 6.54 Å². The zero-order valence-corrected chi connectivity index (χ0v) is 21.4. The summed E-state index contributed by atoms with van der Waals surface area (Å²) in [5.74, 6) is -0.0677. The largest absolute Gasteiger partial charge is 0.367 e. The lowest BCUT2D eigenvalue weighted by atomic mass is 10.0. The molecule has 1 N–H and O–H groups in total. The van der Waals surface area contributed by atoms with Gasteiger partial charge in [-0.2, -0.15) is 0 Å². The molecule has 2 aromatic heterocycles. The van der Waals surface area contributed by atoms with Crippen LogP contribution in [0.2, 0.25) is 0 Å². The summed E-state index contributed by atoms with van der Waals surface area (Å²) in [5, 5.41) is 13.4. The number of halogens is 2. The van der Waals surface area contributed by atoms with Crippen LogP contribution in [0.4, 0.5) is 14.5 Å². The number of anilines is 1. The van der Waals surface area contributed by atoms with Gasteiger partial charge in [0.2, 0.25) is 0 Å². The summed E-state index contributed by atoms with van der Waals surface area (Å²) in [6, 6.07) is 20.2. The van der Waals surface area contributed by atoms with Crippen LogP contribution in [0.3, 0.4) is 0 Å². The first kappa shape index (κ1) is 24.9. The van der Waals surface area contributed by atoms with Crippen LogP contribution in [0.1, 0.15) is 28.6 Å². The van der Waals surface area contributed by atoms with Gasteiger partial charge in [-0.25, -0.2) is 13.5 Å². The standard InChI is InChI=1S/C29H27F2N7O/c1-19-6-9-21-17-23(29(39)32-25(21)16-19)27(28-33-34-35-38(28)18-20-7-10-22(30)11-8-20)37-14-12-36(13-15-37)26-5-3-2-4-24(26)31/h2-11,16-17,27H,12-15,18H2,1H3,(H,32,39)/t27-/m1/s1. The number of benzene rings is 3. The zero-order valence-electron chi connectivity index (χ0n) is 21.4. The zero-order chi connectivity index (χ0) is 26.9. The SMILES string of the molecule is Cc1ccc2cc([C@H](c3nnnn3Cc3ccc(F)cc3)N3CCN(c4ccccc4F)CC3)c(=O)[nH]c2c1. The Morgan fingerprint density at radius 3 is 2.49 bits per heavy atom. The van der Waals surface area contributed by atoms with Crippen LogP contribution in [0.25, 0.3) is 10.9 Å². The fraction of sp³-hybridized carbons (Fsp3) is 0.241. The molecular weight excluding hydrogens is 500 g/mol. The lowest BCUT2D eigenvalue weighted by Crippen LogP contribution is -2.49. The topological polar surface area (TPSA) is 82.9 Å². The van der Waals surface area contributed by atoms with Gasteiger partial charge in [-0.3, -0.25) is 9.69 Å². The van der Waals surface area contributed by atoms with Crippen molar-refractivity contribution in [2.24, 2.45) is 0 Å². The van der Waals surface area contributed by atoms with Crippen molar-refractivity contribution in [1.82, 2.24) is 30.1 Å². The predicted octanol–water partition coefficient (Wildman–Crippen LogP) is 4.06. The van der Waals surface area contributed by atoms with Crippen LogP contribution < -0.4 is 10.5 Å². The number of aromatic nitrogens is 5. The average molecular weight is 528 g/mol. The second kappa shape index (κ2) is 10.4. The number of pyridine rings is 1. The van der Waals surface area contributed by atoms with Gasteiger partial charge in [-0.05, 0) is 70.3 Å². The molecular formula is C29H27F2N7O. The molecule has 8 nitrogen and oxygen atoms in total. The summed E-state index contributed by atoms with van der Waals surface area (Å²) in [6.07, 6.45) is 0. The smallest absolute Gasteiger partial charge is 0.253 e. The van der Waals surface area contributed by atoms with Gasteiger partial charge in [0.1, 0.15) is 17.7 Å². The minimum absolute atomic E-state index is 0.217. The van der Waals surface area contributed by atoms with Crippen molar-refractivity contribution >= 4 is 16.6 Å². The molecule has 0 amide bonds. The summed E-state index contributed by atoms with van der Waals surface area (Å²) in [6.45, 7) is 4.57. The average Bonchev–Trinajstić information content (AvgIpc) is 3.39. The maximum atomic E-state index is 14.5. The molecule has 0 unspecified atom stereocenters. The first-order valence-corrected chi connectivity index (χ1v) is 12.8. The van der Waals surface area contributed by atoms with E-state index < -0.39 is 6.04 Å². The highest BCUT2D eigenvalue weighted by Gasteiger charge is 2.33. The summed E-state index contributed by atoms with van der Waals surface area (Å²) in [7, 11) is 0. The minimum Gasteiger partial charge on any atom is -0.367 e. The second-order valence-electron chi connectivity index (χ2n) is 9.84. The van der Waals surface area contributed by atoms with E-state index in [0.29, 0.717) is 49.8 Å². The molecule has 0 spiro atoms. The first-order chi connectivity index (χ1) is 19.0. The van der Waals surface area contributed by atoms with E-state index in [1.165, 1.54) is 18.2 Å². The lowest BCUT2D eigenvalue weighted by molar-refractivity contribution is 0.200. The molecule has 5 aromatic rings. The maximum Gasteiger partial charge on any atom is 0.253 e. The number of hydrogen-bond donors (Lipinski definition) is 1. The number of aryl methyl sites for hydroxylation is 1. The number of rotatable bonds is 6. The first-order valence-electron chi connectivity index (χ1n) is 12.8. The Morgan fingerprint density at radius 2 is 1.72 bits per heavy atom. The fourth-order valence-electron chi connectivity index (χ4n) is 5.25. The third kappa shape index (κ3) is 5.03. The van der Waals surface area contributed by atoms with E-state index in [4.69, 9.17) is 0 Å². The minimum atomic E-state index is -0.544. The second-order valence-corrected chi connectivity index (χ2v) is 9.84. The Balaban J connectivity index is 1.38. The van der Waals surface area contributed by atoms with E-state index in [-0.39, 0.29) is 17.2 Å². The van der Waals surface area contributed by atoms with Crippen molar-refractivity contribution < 1.29 is 8.78 Å². The molecule has 1 atom stereocenters. The molecule has 10 heteroatoms. The Morgan fingerprint density at radius 1 is 0.949 bits per heavy atom. The van der Waals surface area contributed by atoms with Crippen LogP contribution in [0, 0.1) is 18.6 Å². The Bertz CT molecular complexity index is 1670. The van der Waals surface area contributed by atoms with Gasteiger partial charge in [-0.1, -0.05) is 36.4 Å². The molecule has 1 saturated heterocycles. The Kier molecular flexibility index (Phi) is 6.62. The highest BCUT2D eigenvalue weighted by atomic mass is 19.1. The van der Waals surface area contributed by atoms with Crippen molar-refractivity contribution in [2.75, 3.05) is 31.1 Å². The highest BCUT2D eigenvalue weighted by Crippen LogP contribution is 2.30. The van der Waals surface area contributed by atoms with E-state index in [9.17, 15) is 13.6 Å². The van der Waals surface area contributed by atoms with E-state index in [0.717, 1.165) is 22.0 Å². The number of nitrogens with one attached hydrogen (secondary N) is 1. The third-order valence-corrected chi connectivity index (χ3v) is 7.25. The molecule has 0 aliphatic carbocycles. The van der Waals surface area contributed by atoms with E-state index in [2.05, 4.69) is 25.4 Å². The lowest BCUT2D eigenvalue weighted by Gasteiger charge is -2.39. The number of nitrogens with zero attached hydrogens (tertiary/aromatic N) is 6. The van der Waals surface area contributed by atoms with Crippen molar-refractivity contribution in [3.63, 3.8) is 0 Å². The van der Waals surface area contributed by atoms with Gasteiger partial charge >= 0.3 is 0 Å². The van der Waals surface area contributed by atoms with Crippen molar-refractivity contribution in [3.8, 4) is 0 Å². The van der Waals surface area contributed by atoms with Gasteiger partial charge in [0.05, 0.1) is 12.2 Å². The molecule has 198 valence electrons. The van der Waals surface area contributed by atoms with Crippen molar-refractivity contribution in [1.29, 1.82) is 0 Å². The van der Waals surface area contributed by atoms with Crippen LogP contribution in [0.5, 0.6) is 0 Å². The van der Waals surface area contributed by atoms with Gasteiger partial charge in [0.25, 0.3) is 5.56 Å². The highest BCUT2D eigenvalue weighted by molar-refractivity contribution is 5.79. The molecule has 1 fully saturated rings. The molecule has 0 saturated carbocycles. The van der Waals surface area contributed by atoms with E-state index in [1.54, 1.807) is 28.9 Å². The summed E-state index contributed by atoms with van der Waals surface area (Å²) in [5.41, 5.74) is 3.52. The molecule has 3 aromatic carbocycles. The van der Waals surface area contributed by atoms with Crippen LogP contribution >= 0.6 is 0 Å². The third-order valence-electron chi connectivity index (χ3n) is 7.25. The van der Waals surface area contributed by atoms with Crippen molar-refractivity contribution in [2.45, 2.75) is 19.5 Å². The molecule has 1 aliphatic rings. The molecule has 0 bridgehead atoms.